The second kappa shape index (κ2) is 4.55. The van der Waals surface area contributed by atoms with E-state index in [-0.39, 0.29) is 6.42 Å². The van der Waals surface area contributed by atoms with Gasteiger partial charge in [-0.1, -0.05) is 6.42 Å². The molecule has 2 atom stereocenters. The Balaban J connectivity index is 2.69. The predicted octanol–water partition coefficient (Wildman–Crippen LogP) is 1.42. The molecule has 0 saturated heterocycles. The topological polar surface area (TPSA) is 51.2 Å². The van der Waals surface area contributed by atoms with Crippen LogP contribution in [0.4, 0.5) is 8.78 Å². The van der Waals surface area contributed by atoms with Crippen molar-refractivity contribution in [2.45, 2.75) is 37.4 Å². The summed E-state index contributed by atoms with van der Waals surface area (Å²) in [5.41, 5.74) is 0. The van der Waals surface area contributed by atoms with Crippen molar-refractivity contribution >= 4 is 15.6 Å². The molecule has 0 aromatic carbocycles. The van der Waals surface area contributed by atoms with Crippen LogP contribution < -0.4 is 0 Å². The van der Waals surface area contributed by atoms with E-state index in [2.05, 4.69) is 0 Å². The van der Waals surface area contributed by atoms with Gasteiger partial charge in [0.05, 0.1) is 5.25 Å². The van der Waals surface area contributed by atoms with E-state index >= 15 is 0 Å². The highest BCUT2D eigenvalue weighted by atomic mass is 32.2. The normalized spacial score (nSPS) is 28.0. The monoisotopic (exact) mass is 240 g/mol. The molecule has 0 radical (unpaired) electrons. The van der Waals surface area contributed by atoms with E-state index in [0.29, 0.717) is 19.3 Å². The number of ketones is 1. The van der Waals surface area contributed by atoms with Gasteiger partial charge < -0.3 is 0 Å². The lowest BCUT2D eigenvalue weighted by atomic mass is 9.86. The predicted molar refractivity (Wildman–Crippen MR) is 51.6 cm³/mol. The van der Waals surface area contributed by atoms with Crippen molar-refractivity contribution < 1.29 is 22.0 Å². The molecular weight excluding hydrogens is 226 g/mol. The van der Waals surface area contributed by atoms with E-state index in [1.54, 1.807) is 0 Å². The van der Waals surface area contributed by atoms with E-state index in [1.807, 2.05) is 0 Å². The van der Waals surface area contributed by atoms with Crippen LogP contribution in [-0.2, 0) is 14.6 Å². The second-order valence-electron chi connectivity index (χ2n) is 4.02. The van der Waals surface area contributed by atoms with Gasteiger partial charge in [-0.2, -0.15) is 0 Å². The molecule has 0 spiro atoms. The summed E-state index contributed by atoms with van der Waals surface area (Å²) in [5, 5.41) is -0.626. The Morgan fingerprint density at radius 2 is 1.93 bits per heavy atom. The zero-order valence-electron chi connectivity index (χ0n) is 8.45. The smallest absolute Gasteiger partial charge is 0.293 e. The van der Waals surface area contributed by atoms with Crippen LogP contribution in [0.2, 0.25) is 0 Å². The van der Waals surface area contributed by atoms with Crippen LogP contribution >= 0.6 is 0 Å². The molecule has 2 unspecified atom stereocenters. The number of hydrogen-bond acceptors (Lipinski definition) is 3. The first-order valence-electron chi connectivity index (χ1n) is 4.83. The molecule has 0 amide bonds. The van der Waals surface area contributed by atoms with Gasteiger partial charge >= 0.3 is 0 Å². The minimum absolute atomic E-state index is 0.0575. The average molecular weight is 240 g/mol. The molecule has 1 aliphatic carbocycles. The quantitative estimate of drug-likeness (QED) is 0.749. The molecule has 1 fully saturated rings. The van der Waals surface area contributed by atoms with Gasteiger partial charge in [0.1, 0.15) is 9.84 Å². The van der Waals surface area contributed by atoms with Crippen molar-refractivity contribution in [2.75, 3.05) is 6.26 Å². The molecular formula is C9H14F2O3S. The summed E-state index contributed by atoms with van der Waals surface area (Å²) in [6.07, 6.45) is -0.440. The van der Waals surface area contributed by atoms with Gasteiger partial charge in [-0.05, 0) is 19.3 Å². The number of sulfone groups is 1. The number of halogens is 2. The summed E-state index contributed by atoms with van der Waals surface area (Å²) in [6, 6.07) is 0. The molecule has 1 saturated carbocycles. The Morgan fingerprint density at radius 3 is 2.40 bits per heavy atom. The second-order valence-corrected chi connectivity index (χ2v) is 6.34. The number of carbonyl (C=O) groups excluding carboxylic acids is 1. The van der Waals surface area contributed by atoms with Crippen LogP contribution in [0.25, 0.3) is 0 Å². The van der Waals surface area contributed by atoms with Crippen molar-refractivity contribution in [1.82, 2.24) is 0 Å². The summed E-state index contributed by atoms with van der Waals surface area (Å²) in [4.78, 5) is 11.0. The minimum atomic E-state index is -3.22. The molecule has 1 aliphatic rings. The van der Waals surface area contributed by atoms with E-state index in [1.165, 1.54) is 0 Å². The summed E-state index contributed by atoms with van der Waals surface area (Å²) in [5.74, 6) is -1.89. The zero-order valence-corrected chi connectivity index (χ0v) is 9.27. The van der Waals surface area contributed by atoms with Crippen LogP contribution in [0.15, 0.2) is 0 Å². The summed E-state index contributed by atoms with van der Waals surface area (Å²) < 4.78 is 46.7. The number of alkyl halides is 2. The molecule has 6 heteroatoms. The fourth-order valence-corrected chi connectivity index (χ4v) is 3.15. The standard InChI is InChI=1S/C9H14F2O3S/c1-15(13,14)7-4-2-3-6(5-7)8(12)9(10)11/h6-7,9H,2-5H2,1H3. The molecule has 0 aromatic rings. The third kappa shape index (κ3) is 3.22. The molecule has 0 bridgehead atoms. The Hall–Kier alpha value is -0.520. The van der Waals surface area contributed by atoms with E-state index < -0.39 is 33.2 Å². The number of rotatable bonds is 3. The van der Waals surface area contributed by atoms with Gasteiger partial charge in [-0.15, -0.1) is 0 Å². The van der Waals surface area contributed by atoms with Gasteiger partial charge in [0.15, 0.2) is 0 Å². The molecule has 15 heavy (non-hydrogen) atoms. The van der Waals surface area contributed by atoms with Crippen LogP contribution in [0.5, 0.6) is 0 Å². The first-order chi connectivity index (χ1) is 6.82. The van der Waals surface area contributed by atoms with Crippen LogP contribution in [0.1, 0.15) is 25.7 Å². The maximum Gasteiger partial charge on any atom is 0.296 e. The van der Waals surface area contributed by atoms with Crippen LogP contribution in [0.3, 0.4) is 0 Å². The Kier molecular flexibility index (Phi) is 3.81. The molecule has 0 aromatic heterocycles. The van der Waals surface area contributed by atoms with Gasteiger partial charge in [0, 0.05) is 12.2 Å². The summed E-state index contributed by atoms with van der Waals surface area (Å²) in [7, 11) is -3.22. The third-order valence-corrected chi connectivity index (χ3v) is 4.49. The van der Waals surface area contributed by atoms with Crippen molar-refractivity contribution in [1.29, 1.82) is 0 Å². The fourth-order valence-electron chi connectivity index (χ4n) is 1.97. The maximum atomic E-state index is 12.1. The zero-order chi connectivity index (χ0) is 11.6. The lowest BCUT2D eigenvalue weighted by Gasteiger charge is -2.26. The molecule has 3 nitrogen and oxygen atoms in total. The third-order valence-electron chi connectivity index (χ3n) is 2.85. The molecule has 0 aliphatic heterocycles. The lowest BCUT2D eigenvalue weighted by molar-refractivity contribution is -0.134. The highest BCUT2D eigenvalue weighted by molar-refractivity contribution is 7.91. The highest BCUT2D eigenvalue weighted by Crippen LogP contribution is 2.30. The summed E-state index contributed by atoms with van der Waals surface area (Å²) in [6.45, 7) is 0. The largest absolute Gasteiger partial charge is 0.296 e. The van der Waals surface area contributed by atoms with E-state index in [4.69, 9.17) is 0 Å². The first-order valence-corrected chi connectivity index (χ1v) is 6.78. The fraction of sp³-hybridized carbons (Fsp3) is 0.889. The average Bonchev–Trinajstić information content (AvgIpc) is 2.15. The number of carbonyl (C=O) groups is 1. The molecule has 0 N–H and O–H groups in total. The minimum Gasteiger partial charge on any atom is -0.293 e. The molecule has 1 rings (SSSR count). The number of hydrogen-bond donors (Lipinski definition) is 0. The van der Waals surface area contributed by atoms with Crippen LogP contribution in [-0.4, -0.2) is 32.1 Å². The van der Waals surface area contributed by atoms with Crippen molar-refractivity contribution in [3.05, 3.63) is 0 Å². The van der Waals surface area contributed by atoms with Gasteiger partial charge in [-0.3, -0.25) is 4.79 Å². The SMILES string of the molecule is CS(=O)(=O)C1CCCC(C(=O)C(F)F)C1. The lowest BCUT2D eigenvalue weighted by Crippen LogP contribution is -2.33. The van der Waals surface area contributed by atoms with Gasteiger partial charge in [0.2, 0.25) is 5.78 Å². The van der Waals surface area contributed by atoms with Crippen molar-refractivity contribution in [3.8, 4) is 0 Å². The Labute approximate surface area is 87.8 Å². The van der Waals surface area contributed by atoms with E-state index in [0.717, 1.165) is 6.26 Å². The van der Waals surface area contributed by atoms with Gasteiger partial charge in [-0.25, -0.2) is 17.2 Å². The molecule has 0 heterocycles. The molecule has 88 valence electrons. The first kappa shape index (κ1) is 12.5. The van der Waals surface area contributed by atoms with E-state index in [9.17, 15) is 22.0 Å². The number of Topliss-reactive ketones (excluding diaryl/α,β-unsaturated/α-hetero) is 1. The van der Waals surface area contributed by atoms with Crippen molar-refractivity contribution in [3.63, 3.8) is 0 Å². The summed E-state index contributed by atoms with van der Waals surface area (Å²) >= 11 is 0. The van der Waals surface area contributed by atoms with Gasteiger partial charge in [0.25, 0.3) is 6.43 Å². The Morgan fingerprint density at radius 1 is 1.33 bits per heavy atom. The Bertz CT molecular complexity index is 337. The van der Waals surface area contributed by atoms with Crippen LogP contribution in [0, 0.1) is 5.92 Å². The maximum absolute atomic E-state index is 12.1. The van der Waals surface area contributed by atoms with Crippen molar-refractivity contribution in [2.24, 2.45) is 5.92 Å². The highest BCUT2D eigenvalue weighted by Gasteiger charge is 2.35.